The lowest BCUT2D eigenvalue weighted by molar-refractivity contribution is -0.156. The van der Waals surface area contributed by atoms with Crippen LogP contribution in [0.2, 0.25) is 0 Å². The van der Waals surface area contributed by atoms with Crippen molar-refractivity contribution < 1.29 is 24.5 Å². The summed E-state index contributed by atoms with van der Waals surface area (Å²) in [6.07, 6.45) is -0.355. The van der Waals surface area contributed by atoms with Gasteiger partial charge in [-0.15, -0.1) is 0 Å². The Morgan fingerprint density at radius 3 is 2.67 bits per heavy atom. The topological polar surface area (TPSA) is 77.8 Å². The molecule has 0 radical (unpaired) electrons. The van der Waals surface area contributed by atoms with Crippen molar-refractivity contribution in [3.8, 4) is 5.75 Å². The van der Waals surface area contributed by atoms with Crippen LogP contribution in [0.3, 0.4) is 0 Å². The highest BCUT2D eigenvalue weighted by atomic mass is 19.1. The van der Waals surface area contributed by atoms with E-state index in [1.165, 1.54) is 0 Å². The highest BCUT2D eigenvalue weighted by Crippen LogP contribution is 2.23. The Morgan fingerprint density at radius 1 is 1.53 bits per heavy atom. The normalized spacial score (nSPS) is 14.6. The number of carbonyl (C=O) groups is 1. The van der Waals surface area contributed by atoms with Gasteiger partial charge in [-0.2, -0.15) is 0 Å². The number of aliphatic carboxylic acids is 1. The van der Waals surface area contributed by atoms with Crippen LogP contribution in [0.5, 0.6) is 5.75 Å². The molecule has 1 unspecified atom stereocenters. The van der Waals surface area contributed by atoms with Gasteiger partial charge in [0.1, 0.15) is 11.6 Å². The quantitative estimate of drug-likeness (QED) is 0.698. The third-order valence-electron chi connectivity index (χ3n) is 2.04. The molecule has 3 N–H and O–H groups in total. The maximum Gasteiger partial charge on any atom is 0.335 e. The van der Waals surface area contributed by atoms with Crippen molar-refractivity contribution in [2.45, 2.75) is 18.9 Å². The van der Waals surface area contributed by atoms with Gasteiger partial charge in [-0.05, 0) is 25.1 Å². The predicted molar refractivity (Wildman–Crippen MR) is 50.0 cm³/mol. The Labute approximate surface area is 85.6 Å². The van der Waals surface area contributed by atoms with Gasteiger partial charge in [0, 0.05) is 12.0 Å². The highest BCUT2D eigenvalue weighted by Gasteiger charge is 2.31. The lowest BCUT2D eigenvalue weighted by Gasteiger charge is -2.18. The summed E-state index contributed by atoms with van der Waals surface area (Å²) in [4.78, 5) is 10.6. The number of carboxylic acids is 1. The van der Waals surface area contributed by atoms with Gasteiger partial charge in [0.2, 0.25) is 0 Å². The Kier molecular flexibility index (Phi) is 2.95. The number of benzene rings is 1. The van der Waals surface area contributed by atoms with E-state index >= 15 is 0 Å². The average Bonchev–Trinajstić information content (AvgIpc) is 2.10. The molecule has 0 amide bonds. The van der Waals surface area contributed by atoms with E-state index in [9.17, 15) is 19.4 Å². The van der Waals surface area contributed by atoms with Gasteiger partial charge >= 0.3 is 5.97 Å². The first-order valence-corrected chi connectivity index (χ1v) is 4.26. The fourth-order valence-electron chi connectivity index (χ4n) is 1.14. The summed E-state index contributed by atoms with van der Waals surface area (Å²) in [6, 6.07) is 3.16. The number of phenols is 1. The van der Waals surface area contributed by atoms with Crippen LogP contribution >= 0.6 is 0 Å². The van der Waals surface area contributed by atoms with Crippen LogP contribution in [-0.2, 0) is 11.2 Å². The molecular weight excluding hydrogens is 203 g/mol. The monoisotopic (exact) mass is 214 g/mol. The van der Waals surface area contributed by atoms with Crippen LogP contribution in [0.4, 0.5) is 4.39 Å². The number of phenolic OH excluding ortho intramolecular Hbond substituents is 1. The molecule has 1 aromatic rings. The largest absolute Gasteiger partial charge is 0.508 e. The van der Waals surface area contributed by atoms with Crippen molar-refractivity contribution in [1.29, 1.82) is 0 Å². The SMILES string of the molecule is CC(O)(Cc1cc(F)ccc1O)C(=O)O. The first-order chi connectivity index (χ1) is 6.83. The molecule has 82 valence electrons. The molecule has 0 saturated carbocycles. The molecule has 15 heavy (non-hydrogen) atoms. The van der Waals surface area contributed by atoms with Gasteiger partial charge in [0.15, 0.2) is 5.60 Å². The number of rotatable bonds is 3. The first kappa shape index (κ1) is 11.5. The molecule has 1 rings (SSSR count). The van der Waals surface area contributed by atoms with Crippen molar-refractivity contribution in [2.75, 3.05) is 0 Å². The fraction of sp³-hybridized carbons (Fsp3) is 0.300. The smallest absolute Gasteiger partial charge is 0.335 e. The molecule has 1 atom stereocenters. The van der Waals surface area contributed by atoms with E-state index in [1.807, 2.05) is 0 Å². The summed E-state index contributed by atoms with van der Waals surface area (Å²) < 4.78 is 12.8. The van der Waals surface area contributed by atoms with Crippen molar-refractivity contribution >= 4 is 5.97 Å². The van der Waals surface area contributed by atoms with Gasteiger partial charge in [-0.1, -0.05) is 0 Å². The molecule has 5 heteroatoms. The summed E-state index contributed by atoms with van der Waals surface area (Å²) in [5.41, 5.74) is -1.96. The van der Waals surface area contributed by atoms with Gasteiger partial charge in [0.25, 0.3) is 0 Å². The molecule has 0 heterocycles. The number of aromatic hydroxyl groups is 1. The number of halogens is 1. The Morgan fingerprint density at radius 2 is 2.13 bits per heavy atom. The van der Waals surface area contributed by atoms with E-state index in [0.29, 0.717) is 0 Å². The summed E-state index contributed by atoms with van der Waals surface area (Å²) in [5.74, 6) is -2.26. The van der Waals surface area contributed by atoms with Gasteiger partial charge < -0.3 is 15.3 Å². The fourth-order valence-corrected chi connectivity index (χ4v) is 1.14. The van der Waals surface area contributed by atoms with Crippen molar-refractivity contribution in [3.63, 3.8) is 0 Å². The zero-order valence-electron chi connectivity index (χ0n) is 8.07. The van der Waals surface area contributed by atoms with Gasteiger partial charge in [0.05, 0.1) is 0 Å². The number of hydrogen-bond acceptors (Lipinski definition) is 3. The summed E-state index contributed by atoms with van der Waals surface area (Å²) in [5, 5.41) is 27.4. The summed E-state index contributed by atoms with van der Waals surface area (Å²) in [7, 11) is 0. The number of carboxylic acid groups (broad SMARTS) is 1. The van der Waals surface area contributed by atoms with E-state index in [-0.39, 0.29) is 17.7 Å². The van der Waals surface area contributed by atoms with E-state index in [1.54, 1.807) is 0 Å². The van der Waals surface area contributed by atoms with Crippen LogP contribution < -0.4 is 0 Å². The maximum absolute atomic E-state index is 12.8. The van der Waals surface area contributed by atoms with Crippen LogP contribution in [0, 0.1) is 5.82 Å². The van der Waals surface area contributed by atoms with Crippen molar-refractivity contribution in [1.82, 2.24) is 0 Å². The van der Waals surface area contributed by atoms with Crippen LogP contribution in [0.25, 0.3) is 0 Å². The molecular formula is C10H11FO4. The molecule has 0 bridgehead atoms. The molecule has 0 aromatic heterocycles. The average molecular weight is 214 g/mol. The second kappa shape index (κ2) is 3.86. The molecule has 0 aliphatic carbocycles. The minimum Gasteiger partial charge on any atom is -0.508 e. The van der Waals surface area contributed by atoms with Crippen LogP contribution in [-0.4, -0.2) is 26.9 Å². The zero-order chi connectivity index (χ0) is 11.6. The third-order valence-corrected chi connectivity index (χ3v) is 2.04. The van der Waals surface area contributed by atoms with E-state index < -0.39 is 17.4 Å². The summed E-state index contributed by atoms with van der Waals surface area (Å²) in [6.45, 7) is 1.08. The van der Waals surface area contributed by atoms with Crippen molar-refractivity contribution in [3.05, 3.63) is 29.6 Å². The van der Waals surface area contributed by atoms with Crippen LogP contribution in [0.1, 0.15) is 12.5 Å². The van der Waals surface area contributed by atoms with Crippen LogP contribution in [0.15, 0.2) is 18.2 Å². The summed E-state index contributed by atoms with van der Waals surface area (Å²) >= 11 is 0. The van der Waals surface area contributed by atoms with Crippen molar-refractivity contribution in [2.24, 2.45) is 0 Å². The number of hydrogen-bond donors (Lipinski definition) is 3. The minimum absolute atomic E-state index is 0.0578. The van der Waals surface area contributed by atoms with E-state index in [0.717, 1.165) is 25.1 Å². The molecule has 0 aliphatic rings. The standard InChI is InChI=1S/C10H11FO4/c1-10(15,9(13)14)5-6-4-7(11)2-3-8(6)12/h2-4,12,15H,5H2,1H3,(H,13,14). The molecule has 0 fully saturated rings. The molecule has 0 aliphatic heterocycles. The third kappa shape index (κ3) is 2.66. The first-order valence-electron chi connectivity index (χ1n) is 4.26. The molecule has 0 saturated heterocycles. The Balaban J connectivity index is 2.99. The lowest BCUT2D eigenvalue weighted by Crippen LogP contribution is -2.37. The Bertz CT molecular complexity index is 387. The second-order valence-corrected chi connectivity index (χ2v) is 3.53. The minimum atomic E-state index is -2.02. The lowest BCUT2D eigenvalue weighted by atomic mass is 9.96. The van der Waals surface area contributed by atoms with Gasteiger partial charge in [-0.3, -0.25) is 0 Å². The zero-order valence-corrected chi connectivity index (χ0v) is 8.07. The molecule has 1 aromatic carbocycles. The number of aliphatic hydroxyl groups is 1. The highest BCUT2D eigenvalue weighted by molar-refractivity contribution is 5.77. The predicted octanol–water partition coefficient (Wildman–Crippen LogP) is 0.909. The molecule has 0 spiro atoms. The Hall–Kier alpha value is -1.62. The maximum atomic E-state index is 12.8. The van der Waals surface area contributed by atoms with E-state index in [2.05, 4.69) is 0 Å². The van der Waals surface area contributed by atoms with Gasteiger partial charge in [-0.25, -0.2) is 9.18 Å². The van der Waals surface area contributed by atoms with E-state index in [4.69, 9.17) is 5.11 Å². The molecule has 4 nitrogen and oxygen atoms in total. The second-order valence-electron chi connectivity index (χ2n) is 3.53.